The Hall–Kier alpha value is -2.28. The van der Waals surface area contributed by atoms with Crippen LogP contribution in [0.25, 0.3) is 0 Å². The molecule has 2 rings (SSSR count). The Morgan fingerprint density at radius 1 is 1.30 bits per heavy atom. The van der Waals surface area contributed by atoms with Crippen LogP contribution in [0.5, 0.6) is 0 Å². The molecule has 1 aromatic carbocycles. The summed E-state index contributed by atoms with van der Waals surface area (Å²) in [6.07, 6.45) is 0. The topological polar surface area (TPSA) is 63.1 Å². The number of nitrogens with zero attached hydrogens (tertiary/aromatic N) is 4. The van der Waals surface area contributed by atoms with Crippen molar-refractivity contribution in [2.45, 2.75) is 26.4 Å². The first-order valence-electron chi connectivity index (χ1n) is 7.46. The number of nitrogens with one attached hydrogen (secondary N) is 1. The highest BCUT2D eigenvalue weighted by atomic mass is 19.1. The number of rotatable bonds is 6. The van der Waals surface area contributed by atoms with Gasteiger partial charge in [-0.05, 0) is 45.6 Å². The first kappa shape index (κ1) is 17.1. The highest BCUT2D eigenvalue weighted by Gasteiger charge is 2.22. The maximum Gasteiger partial charge on any atom is 0.242 e. The smallest absolute Gasteiger partial charge is 0.242 e. The van der Waals surface area contributed by atoms with E-state index in [1.54, 1.807) is 21.7 Å². The summed E-state index contributed by atoms with van der Waals surface area (Å²) in [4.78, 5) is 18.5. The van der Waals surface area contributed by atoms with Gasteiger partial charge in [0.1, 0.15) is 23.5 Å². The predicted molar refractivity (Wildman–Crippen MR) is 85.3 cm³/mol. The summed E-state index contributed by atoms with van der Waals surface area (Å²) in [6, 6.07) is 5.52. The Morgan fingerprint density at radius 3 is 2.48 bits per heavy atom. The van der Waals surface area contributed by atoms with Crippen LogP contribution in [-0.4, -0.2) is 46.2 Å². The molecule has 0 fully saturated rings. The molecule has 0 spiro atoms. The molecule has 1 aromatic heterocycles. The second-order valence-corrected chi connectivity index (χ2v) is 5.64. The molecular formula is C16H22FN5O. The van der Waals surface area contributed by atoms with Crippen molar-refractivity contribution in [2.24, 2.45) is 0 Å². The molecule has 0 saturated carbocycles. The zero-order valence-corrected chi connectivity index (χ0v) is 13.9. The Labute approximate surface area is 135 Å². The molecule has 0 aliphatic heterocycles. The molecular weight excluding hydrogens is 297 g/mol. The number of aryl methyl sites for hydroxylation is 2. The normalized spacial score (nSPS) is 12.4. The summed E-state index contributed by atoms with van der Waals surface area (Å²) in [5.74, 6) is 1.09. The molecule has 1 N–H and O–H groups in total. The van der Waals surface area contributed by atoms with E-state index < -0.39 is 6.04 Å². The third-order valence-electron chi connectivity index (χ3n) is 3.54. The summed E-state index contributed by atoms with van der Waals surface area (Å²) in [5, 5.41) is 7.16. The van der Waals surface area contributed by atoms with Gasteiger partial charge in [0.2, 0.25) is 5.91 Å². The summed E-state index contributed by atoms with van der Waals surface area (Å²) >= 11 is 0. The maximum atomic E-state index is 13.1. The molecule has 7 heteroatoms. The van der Waals surface area contributed by atoms with Crippen molar-refractivity contribution < 1.29 is 9.18 Å². The monoisotopic (exact) mass is 319 g/mol. The molecule has 124 valence electrons. The Balaban J connectivity index is 1.98. The van der Waals surface area contributed by atoms with Gasteiger partial charge in [0.05, 0.1) is 6.54 Å². The molecule has 0 aliphatic rings. The summed E-state index contributed by atoms with van der Waals surface area (Å²) in [7, 11) is 3.64. The van der Waals surface area contributed by atoms with Gasteiger partial charge in [0.25, 0.3) is 0 Å². The molecule has 23 heavy (non-hydrogen) atoms. The zero-order chi connectivity index (χ0) is 17.0. The van der Waals surface area contributed by atoms with Crippen LogP contribution in [0.1, 0.15) is 23.3 Å². The predicted octanol–water partition coefficient (Wildman–Crippen LogP) is 1.45. The fraction of sp³-hybridized carbons (Fsp3) is 0.438. The average molecular weight is 319 g/mol. The summed E-state index contributed by atoms with van der Waals surface area (Å²) < 4.78 is 14.8. The van der Waals surface area contributed by atoms with Crippen molar-refractivity contribution in [1.82, 2.24) is 25.0 Å². The number of carbonyl (C=O) groups excluding carboxylic acids is 1. The fourth-order valence-electron chi connectivity index (χ4n) is 2.48. The van der Waals surface area contributed by atoms with Crippen LogP contribution in [0.2, 0.25) is 0 Å². The van der Waals surface area contributed by atoms with Crippen LogP contribution in [0.15, 0.2) is 24.3 Å². The van der Waals surface area contributed by atoms with E-state index in [9.17, 15) is 9.18 Å². The number of amides is 1. The molecule has 0 saturated heterocycles. The van der Waals surface area contributed by atoms with E-state index in [-0.39, 0.29) is 11.7 Å². The molecule has 1 heterocycles. The maximum absolute atomic E-state index is 13.1. The van der Waals surface area contributed by atoms with E-state index in [1.165, 1.54) is 12.1 Å². The van der Waals surface area contributed by atoms with Gasteiger partial charge in [-0.1, -0.05) is 12.1 Å². The highest BCUT2D eigenvalue weighted by molar-refractivity contribution is 5.83. The highest BCUT2D eigenvalue weighted by Crippen LogP contribution is 2.18. The molecule has 0 bridgehead atoms. The van der Waals surface area contributed by atoms with Gasteiger partial charge in [0.15, 0.2) is 0 Å². The van der Waals surface area contributed by atoms with Crippen molar-refractivity contribution in [1.29, 1.82) is 0 Å². The largest absolute Gasteiger partial charge is 0.353 e. The van der Waals surface area contributed by atoms with Crippen molar-refractivity contribution in [2.75, 3.05) is 20.6 Å². The lowest BCUT2D eigenvalue weighted by molar-refractivity contribution is -0.125. The number of halogens is 1. The standard InChI is InChI=1S/C16H22FN5O/c1-11-19-12(2)22(20-11)10-9-18-16(23)15(21(3)4)13-5-7-14(17)8-6-13/h5-8,15H,9-10H2,1-4H3,(H,18,23)/t15-/m1/s1. The summed E-state index contributed by atoms with van der Waals surface area (Å²) in [6.45, 7) is 4.72. The lowest BCUT2D eigenvalue weighted by Crippen LogP contribution is -2.38. The number of hydrogen-bond acceptors (Lipinski definition) is 4. The lowest BCUT2D eigenvalue weighted by Gasteiger charge is -2.23. The first-order valence-corrected chi connectivity index (χ1v) is 7.46. The second-order valence-electron chi connectivity index (χ2n) is 5.64. The minimum absolute atomic E-state index is 0.129. The molecule has 0 radical (unpaired) electrons. The Bertz CT molecular complexity index is 666. The molecule has 2 aromatic rings. The van der Waals surface area contributed by atoms with Gasteiger partial charge in [-0.2, -0.15) is 5.10 Å². The number of benzene rings is 1. The van der Waals surface area contributed by atoms with Crippen LogP contribution in [0.3, 0.4) is 0 Å². The van der Waals surface area contributed by atoms with Crippen LogP contribution in [0.4, 0.5) is 4.39 Å². The number of hydrogen-bond donors (Lipinski definition) is 1. The third kappa shape index (κ3) is 4.35. The van der Waals surface area contributed by atoms with Crippen molar-refractivity contribution >= 4 is 5.91 Å². The second kappa shape index (κ2) is 7.32. The van der Waals surface area contributed by atoms with Crippen LogP contribution < -0.4 is 5.32 Å². The Kier molecular flexibility index (Phi) is 5.44. The molecule has 1 atom stereocenters. The van der Waals surface area contributed by atoms with Gasteiger partial charge in [0, 0.05) is 6.54 Å². The van der Waals surface area contributed by atoms with Gasteiger partial charge >= 0.3 is 0 Å². The van der Waals surface area contributed by atoms with Crippen LogP contribution in [-0.2, 0) is 11.3 Å². The Morgan fingerprint density at radius 2 is 1.96 bits per heavy atom. The van der Waals surface area contributed by atoms with E-state index in [0.29, 0.717) is 18.9 Å². The van der Waals surface area contributed by atoms with Gasteiger partial charge in [-0.25, -0.2) is 14.1 Å². The zero-order valence-electron chi connectivity index (χ0n) is 13.9. The SMILES string of the molecule is Cc1nc(C)n(CCNC(=O)[C@@H](c2ccc(F)cc2)N(C)C)n1. The van der Waals surface area contributed by atoms with Crippen LogP contribution in [0, 0.1) is 19.7 Å². The number of carbonyl (C=O) groups is 1. The fourth-order valence-corrected chi connectivity index (χ4v) is 2.48. The molecule has 1 amide bonds. The van der Waals surface area contributed by atoms with Crippen molar-refractivity contribution in [3.8, 4) is 0 Å². The molecule has 6 nitrogen and oxygen atoms in total. The van der Waals surface area contributed by atoms with Gasteiger partial charge in [-0.15, -0.1) is 0 Å². The van der Waals surface area contributed by atoms with E-state index in [2.05, 4.69) is 15.4 Å². The number of aromatic nitrogens is 3. The van der Waals surface area contributed by atoms with Crippen molar-refractivity contribution in [3.05, 3.63) is 47.3 Å². The average Bonchev–Trinajstić information content (AvgIpc) is 2.79. The minimum atomic E-state index is -0.464. The molecule has 0 unspecified atom stereocenters. The minimum Gasteiger partial charge on any atom is -0.353 e. The van der Waals surface area contributed by atoms with Crippen LogP contribution >= 0.6 is 0 Å². The number of likely N-dealkylation sites (N-methyl/N-ethyl adjacent to an activating group) is 1. The summed E-state index contributed by atoms with van der Waals surface area (Å²) in [5.41, 5.74) is 0.752. The van der Waals surface area contributed by atoms with Gasteiger partial charge in [-0.3, -0.25) is 9.69 Å². The van der Waals surface area contributed by atoms with E-state index in [1.807, 2.05) is 27.9 Å². The van der Waals surface area contributed by atoms with E-state index in [4.69, 9.17) is 0 Å². The van der Waals surface area contributed by atoms with E-state index >= 15 is 0 Å². The molecule has 0 aliphatic carbocycles. The van der Waals surface area contributed by atoms with E-state index in [0.717, 1.165) is 11.4 Å². The first-order chi connectivity index (χ1) is 10.9. The van der Waals surface area contributed by atoms with Gasteiger partial charge < -0.3 is 5.32 Å². The lowest BCUT2D eigenvalue weighted by atomic mass is 10.1. The van der Waals surface area contributed by atoms with Crippen molar-refractivity contribution in [3.63, 3.8) is 0 Å². The third-order valence-corrected chi connectivity index (χ3v) is 3.54. The quantitative estimate of drug-likeness (QED) is 0.875.